The molecule has 0 saturated carbocycles. The normalized spacial score (nSPS) is 11.8. The first-order chi connectivity index (χ1) is 21.6. The molecule has 0 aliphatic carbocycles. The number of carbonyl (C=O) groups is 2. The first-order valence-electron chi connectivity index (χ1n) is 13.8. The number of rotatable bonds is 10. The van der Waals surface area contributed by atoms with Crippen molar-refractivity contribution in [2.45, 2.75) is 18.6 Å². The molecule has 1 atom stereocenters. The number of benzene rings is 5. The number of para-hydroxylation sites is 2. The van der Waals surface area contributed by atoms with Gasteiger partial charge in [-0.25, -0.2) is 4.79 Å². The Labute approximate surface area is 265 Å². The van der Waals surface area contributed by atoms with Gasteiger partial charge in [0.1, 0.15) is 17.5 Å². The lowest BCUT2D eigenvalue weighted by atomic mass is 9.99. The lowest BCUT2D eigenvalue weighted by molar-refractivity contribution is -0.139. The molecular formula is C35H26BrF3N2O4. The van der Waals surface area contributed by atoms with Gasteiger partial charge in [-0.2, -0.15) is 13.2 Å². The summed E-state index contributed by atoms with van der Waals surface area (Å²) in [6.07, 6.45) is -4.46. The first kappa shape index (κ1) is 31.3. The quantitative estimate of drug-likeness (QED) is 0.138. The van der Waals surface area contributed by atoms with Crippen molar-refractivity contribution >= 4 is 39.2 Å². The summed E-state index contributed by atoms with van der Waals surface area (Å²) >= 11 is 3.32. The Kier molecular flexibility index (Phi) is 9.53. The number of carboxylic acids is 1. The fourth-order valence-corrected chi connectivity index (χ4v) is 4.97. The average molecular weight is 676 g/mol. The molecule has 45 heavy (non-hydrogen) atoms. The lowest BCUT2D eigenvalue weighted by Gasteiger charge is -2.18. The molecule has 0 heterocycles. The van der Waals surface area contributed by atoms with Crippen LogP contribution in [0.25, 0.3) is 11.1 Å². The number of hydrogen-bond donors (Lipinski definition) is 3. The van der Waals surface area contributed by atoms with Crippen molar-refractivity contribution in [1.82, 2.24) is 5.32 Å². The zero-order chi connectivity index (χ0) is 32.0. The second-order valence-corrected chi connectivity index (χ2v) is 11.0. The van der Waals surface area contributed by atoms with Gasteiger partial charge >= 0.3 is 12.1 Å². The second kappa shape index (κ2) is 13.7. The van der Waals surface area contributed by atoms with Gasteiger partial charge in [0, 0.05) is 22.1 Å². The number of hydrogen-bond acceptors (Lipinski definition) is 4. The van der Waals surface area contributed by atoms with E-state index in [4.69, 9.17) is 4.74 Å². The van der Waals surface area contributed by atoms with Crippen molar-refractivity contribution in [2.24, 2.45) is 0 Å². The van der Waals surface area contributed by atoms with Crippen LogP contribution < -0.4 is 15.4 Å². The van der Waals surface area contributed by atoms with Crippen LogP contribution in [0.4, 0.5) is 24.5 Å². The minimum atomic E-state index is -4.48. The molecule has 1 amide bonds. The predicted octanol–water partition coefficient (Wildman–Crippen LogP) is 9.10. The number of carbonyl (C=O) groups excluding carboxylic acids is 1. The molecule has 0 aliphatic rings. The Morgan fingerprint density at radius 3 is 2.16 bits per heavy atom. The molecule has 0 unspecified atom stereocenters. The summed E-state index contributed by atoms with van der Waals surface area (Å²) in [6.45, 7) is 0. The highest BCUT2D eigenvalue weighted by Gasteiger charge is 2.30. The third-order valence-corrected chi connectivity index (χ3v) is 7.38. The van der Waals surface area contributed by atoms with E-state index in [-0.39, 0.29) is 12.0 Å². The van der Waals surface area contributed by atoms with Gasteiger partial charge in [0.2, 0.25) is 0 Å². The van der Waals surface area contributed by atoms with E-state index in [1.165, 1.54) is 18.2 Å². The highest BCUT2D eigenvalue weighted by atomic mass is 79.9. The van der Waals surface area contributed by atoms with Crippen LogP contribution in [-0.4, -0.2) is 23.0 Å². The van der Waals surface area contributed by atoms with Crippen LogP contribution in [0.1, 0.15) is 21.5 Å². The molecule has 5 rings (SSSR count). The minimum Gasteiger partial charge on any atom is -0.480 e. The smallest absolute Gasteiger partial charge is 0.416 e. The summed E-state index contributed by atoms with van der Waals surface area (Å²) in [5, 5.41) is 15.5. The molecule has 228 valence electrons. The van der Waals surface area contributed by atoms with Gasteiger partial charge in [-0.1, -0.05) is 76.6 Å². The number of nitrogens with one attached hydrogen (secondary N) is 2. The summed E-state index contributed by atoms with van der Waals surface area (Å²) in [6, 6.07) is 32.2. The molecule has 6 nitrogen and oxygen atoms in total. The van der Waals surface area contributed by atoms with Crippen molar-refractivity contribution in [3.63, 3.8) is 0 Å². The third kappa shape index (κ3) is 8.10. The van der Waals surface area contributed by atoms with E-state index in [0.29, 0.717) is 32.9 Å². The molecule has 5 aromatic carbocycles. The SMILES string of the molecule is O=C(N[C@@H](Cc1ccc(-c2ccccc2Oc2ccccc2)cc1)C(=O)O)c1cc(Br)ccc1Nc1ccc(C(F)(F)F)cc1. The van der Waals surface area contributed by atoms with E-state index in [1.54, 1.807) is 24.3 Å². The third-order valence-electron chi connectivity index (χ3n) is 6.88. The molecule has 0 aliphatic heterocycles. The lowest BCUT2D eigenvalue weighted by Crippen LogP contribution is -2.42. The minimum absolute atomic E-state index is 0.0131. The second-order valence-electron chi connectivity index (χ2n) is 10.1. The average Bonchev–Trinajstić information content (AvgIpc) is 3.02. The number of alkyl halides is 3. The largest absolute Gasteiger partial charge is 0.480 e. The fourth-order valence-electron chi connectivity index (χ4n) is 4.61. The number of aliphatic carboxylic acids is 1. The molecule has 0 spiro atoms. The molecule has 0 radical (unpaired) electrons. The zero-order valence-electron chi connectivity index (χ0n) is 23.5. The van der Waals surface area contributed by atoms with Crippen LogP contribution in [-0.2, 0) is 17.4 Å². The molecule has 0 saturated heterocycles. The molecule has 5 aromatic rings. The van der Waals surface area contributed by atoms with Gasteiger partial charge in [0.25, 0.3) is 5.91 Å². The Balaban J connectivity index is 1.30. The monoisotopic (exact) mass is 674 g/mol. The van der Waals surface area contributed by atoms with Crippen LogP contribution >= 0.6 is 15.9 Å². The summed E-state index contributed by atoms with van der Waals surface area (Å²) < 4.78 is 45.5. The van der Waals surface area contributed by atoms with Crippen LogP contribution in [0.2, 0.25) is 0 Å². The molecule has 0 bridgehead atoms. The topological polar surface area (TPSA) is 87.7 Å². The fraction of sp³-hybridized carbons (Fsp3) is 0.0857. The van der Waals surface area contributed by atoms with Crippen molar-refractivity contribution in [3.05, 3.63) is 142 Å². The number of carboxylic acid groups (broad SMARTS) is 1. The van der Waals surface area contributed by atoms with Gasteiger partial charge in [0.15, 0.2) is 0 Å². The molecule has 0 aromatic heterocycles. The first-order valence-corrected chi connectivity index (χ1v) is 14.5. The van der Waals surface area contributed by atoms with Gasteiger partial charge < -0.3 is 20.5 Å². The van der Waals surface area contributed by atoms with Crippen LogP contribution in [0.15, 0.2) is 126 Å². The molecular weight excluding hydrogens is 649 g/mol. The van der Waals surface area contributed by atoms with Crippen molar-refractivity contribution < 1.29 is 32.6 Å². The van der Waals surface area contributed by atoms with Gasteiger partial charge in [-0.15, -0.1) is 0 Å². The zero-order valence-corrected chi connectivity index (χ0v) is 25.1. The Morgan fingerprint density at radius 2 is 1.49 bits per heavy atom. The summed E-state index contributed by atoms with van der Waals surface area (Å²) in [7, 11) is 0. The van der Waals surface area contributed by atoms with Crippen LogP contribution in [0.5, 0.6) is 11.5 Å². The maximum Gasteiger partial charge on any atom is 0.416 e. The van der Waals surface area contributed by atoms with E-state index >= 15 is 0 Å². The van der Waals surface area contributed by atoms with E-state index < -0.39 is 29.7 Å². The molecule has 3 N–H and O–H groups in total. The number of halogens is 4. The number of ether oxygens (including phenoxy) is 1. The van der Waals surface area contributed by atoms with E-state index in [2.05, 4.69) is 26.6 Å². The summed E-state index contributed by atoms with van der Waals surface area (Å²) in [5.74, 6) is -0.519. The Bertz CT molecular complexity index is 1800. The van der Waals surface area contributed by atoms with Gasteiger partial charge in [-0.05, 0) is 71.8 Å². The summed E-state index contributed by atoms with van der Waals surface area (Å²) in [5.41, 5.74) is 2.34. The summed E-state index contributed by atoms with van der Waals surface area (Å²) in [4.78, 5) is 25.5. The maximum atomic E-state index is 13.3. The van der Waals surface area contributed by atoms with Crippen LogP contribution in [0.3, 0.4) is 0 Å². The molecule has 10 heteroatoms. The van der Waals surface area contributed by atoms with E-state index in [9.17, 15) is 27.9 Å². The Hall–Kier alpha value is -5.09. The van der Waals surface area contributed by atoms with Crippen LogP contribution in [0, 0.1) is 0 Å². The van der Waals surface area contributed by atoms with Crippen molar-refractivity contribution in [3.8, 4) is 22.6 Å². The highest BCUT2D eigenvalue weighted by molar-refractivity contribution is 9.10. The molecule has 0 fully saturated rings. The van der Waals surface area contributed by atoms with E-state index in [1.807, 2.05) is 66.7 Å². The van der Waals surface area contributed by atoms with Gasteiger partial charge in [-0.3, -0.25) is 4.79 Å². The predicted molar refractivity (Wildman–Crippen MR) is 170 cm³/mol. The van der Waals surface area contributed by atoms with Crippen molar-refractivity contribution in [1.29, 1.82) is 0 Å². The van der Waals surface area contributed by atoms with Gasteiger partial charge in [0.05, 0.1) is 16.8 Å². The maximum absolute atomic E-state index is 13.3. The standard InChI is InChI=1S/C35H26BrF3N2O4/c36-25-16-19-30(40-26-17-14-24(15-18-26)35(37,38)39)29(21-25)33(42)41-31(34(43)44)20-22-10-12-23(13-11-22)28-8-4-5-9-32(28)45-27-6-2-1-3-7-27/h1-19,21,31,40H,20H2,(H,41,42)(H,43,44)/t31-/m0/s1. The van der Waals surface area contributed by atoms with Crippen molar-refractivity contribution in [2.75, 3.05) is 5.32 Å². The number of anilines is 2. The highest BCUT2D eigenvalue weighted by Crippen LogP contribution is 2.34. The van der Waals surface area contributed by atoms with E-state index in [0.717, 1.165) is 23.3 Å². The number of amides is 1. The Morgan fingerprint density at radius 1 is 0.822 bits per heavy atom.